The molecule has 1 aromatic carbocycles. The number of anilines is 1. The Labute approximate surface area is 148 Å². The molecule has 1 aliphatic heterocycles. The summed E-state index contributed by atoms with van der Waals surface area (Å²) in [7, 11) is 0. The highest BCUT2D eigenvalue weighted by Crippen LogP contribution is 2.25. The average molecular weight is 353 g/mol. The van der Waals surface area contributed by atoms with E-state index in [0.717, 1.165) is 36.9 Å². The van der Waals surface area contributed by atoms with Gasteiger partial charge < -0.3 is 10.2 Å². The first kappa shape index (κ1) is 18.5. The summed E-state index contributed by atoms with van der Waals surface area (Å²) in [6, 6.07) is 7.34. The minimum atomic E-state index is -0.427. The Morgan fingerprint density at radius 1 is 1.17 bits per heavy atom. The third-order valence-electron chi connectivity index (χ3n) is 3.86. The van der Waals surface area contributed by atoms with Gasteiger partial charge in [-0.05, 0) is 18.1 Å². The van der Waals surface area contributed by atoms with Gasteiger partial charge in [-0.25, -0.2) is 4.79 Å². The molecule has 1 aliphatic rings. The molecule has 1 heterocycles. The molecule has 24 heavy (non-hydrogen) atoms. The molecular formula is C17H25ClN4O2. The van der Waals surface area contributed by atoms with Crippen LogP contribution < -0.4 is 15.5 Å². The van der Waals surface area contributed by atoms with E-state index in [4.69, 9.17) is 11.6 Å². The first-order valence-corrected chi connectivity index (χ1v) is 8.63. The minimum Gasteiger partial charge on any atom is -0.368 e. The number of imide groups is 1. The largest absolute Gasteiger partial charge is 0.368 e. The predicted molar refractivity (Wildman–Crippen MR) is 96.5 cm³/mol. The normalized spacial score (nSPS) is 15.4. The molecule has 0 spiro atoms. The van der Waals surface area contributed by atoms with Gasteiger partial charge in [0.1, 0.15) is 0 Å². The van der Waals surface area contributed by atoms with E-state index in [1.54, 1.807) is 0 Å². The van der Waals surface area contributed by atoms with E-state index in [0.29, 0.717) is 12.5 Å². The Bertz CT molecular complexity index is 571. The number of benzene rings is 1. The maximum absolute atomic E-state index is 11.9. The van der Waals surface area contributed by atoms with E-state index in [-0.39, 0.29) is 12.5 Å². The number of urea groups is 1. The zero-order valence-electron chi connectivity index (χ0n) is 14.2. The van der Waals surface area contributed by atoms with Gasteiger partial charge in [-0.1, -0.05) is 37.6 Å². The van der Waals surface area contributed by atoms with Crippen molar-refractivity contribution in [1.82, 2.24) is 15.5 Å². The number of piperazine rings is 1. The van der Waals surface area contributed by atoms with Crippen molar-refractivity contribution in [3.63, 3.8) is 0 Å². The fourth-order valence-corrected chi connectivity index (χ4v) is 2.82. The molecule has 0 saturated carbocycles. The van der Waals surface area contributed by atoms with Crippen molar-refractivity contribution in [1.29, 1.82) is 0 Å². The average Bonchev–Trinajstić information content (AvgIpc) is 2.54. The van der Waals surface area contributed by atoms with E-state index in [2.05, 4.69) is 15.5 Å². The van der Waals surface area contributed by atoms with Gasteiger partial charge in [0, 0.05) is 32.7 Å². The number of amides is 3. The second kappa shape index (κ2) is 8.89. The summed E-state index contributed by atoms with van der Waals surface area (Å²) >= 11 is 6.22. The highest BCUT2D eigenvalue weighted by atomic mass is 35.5. The maximum Gasteiger partial charge on any atom is 0.321 e. The van der Waals surface area contributed by atoms with Crippen LogP contribution in [0.5, 0.6) is 0 Å². The van der Waals surface area contributed by atoms with E-state index in [1.807, 2.05) is 43.0 Å². The SMILES string of the molecule is CC(C)CNC(=O)NC(=O)CN1CCN(c2ccccc2Cl)CC1. The van der Waals surface area contributed by atoms with Crippen molar-refractivity contribution >= 4 is 29.2 Å². The van der Waals surface area contributed by atoms with Gasteiger partial charge >= 0.3 is 6.03 Å². The van der Waals surface area contributed by atoms with Crippen LogP contribution in [-0.2, 0) is 4.79 Å². The van der Waals surface area contributed by atoms with Crippen LogP contribution in [0.15, 0.2) is 24.3 Å². The Morgan fingerprint density at radius 2 is 1.83 bits per heavy atom. The zero-order valence-corrected chi connectivity index (χ0v) is 15.0. The smallest absolute Gasteiger partial charge is 0.321 e. The summed E-state index contributed by atoms with van der Waals surface area (Å²) in [5.41, 5.74) is 1.02. The molecule has 0 unspecified atom stereocenters. The molecule has 3 amide bonds. The van der Waals surface area contributed by atoms with Gasteiger partial charge in [-0.15, -0.1) is 0 Å². The number of carbonyl (C=O) groups excluding carboxylic acids is 2. The summed E-state index contributed by atoms with van der Waals surface area (Å²) in [5.74, 6) is 0.0752. The topological polar surface area (TPSA) is 64.7 Å². The monoisotopic (exact) mass is 352 g/mol. The van der Waals surface area contributed by atoms with Crippen LogP contribution in [0.4, 0.5) is 10.5 Å². The number of hydrogen-bond donors (Lipinski definition) is 2. The number of halogens is 1. The van der Waals surface area contributed by atoms with Gasteiger partial charge in [0.05, 0.1) is 17.3 Å². The van der Waals surface area contributed by atoms with Crippen molar-refractivity contribution in [2.45, 2.75) is 13.8 Å². The molecule has 0 radical (unpaired) electrons. The number of nitrogens with one attached hydrogen (secondary N) is 2. The molecule has 1 fully saturated rings. The van der Waals surface area contributed by atoms with Crippen LogP contribution in [0, 0.1) is 5.92 Å². The lowest BCUT2D eigenvalue weighted by Gasteiger charge is -2.36. The molecule has 132 valence electrons. The molecule has 1 aromatic rings. The van der Waals surface area contributed by atoms with Crippen LogP contribution in [0.2, 0.25) is 5.02 Å². The quantitative estimate of drug-likeness (QED) is 0.850. The van der Waals surface area contributed by atoms with Gasteiger partial charge in [-0.3, -0.25) is 15.0 Å². The van der Waals surface area contributed by atoms with E-state index >= 15 is 0 Å². The first-order valence-electron chi connectivity index (χ1n) is 8.25. The number of hydrogen-bond acceptors (Lipinski definition) is 4. The zero-order chi connectivity index (χ0) is 17.5. The van der Waals surface area contributed by atoms with E-state index in [1.165, 1.54) is 0 Å². The number of rotatable bonds is 5. The molecular weight excluding hydrogens is 328 g/mol. The van der Waals surface area contributed by atoms with Crippen LogP contribution >= 0.6 is 11.6 Å². The molecule has 6 nitrogen and oxygen atoms in total. The lowest BCUT2D eigenvalue weighted by atomic mass is 10.2. The summed E-state index contributed by atoms with van der Waals surface area (Å²) in [5, 5.41) is 5.78. The number of carbonyl (C=O) groups is 2. The van der Waals surface area contributed by atoms with Gasteiger partial charge in [0.25, 0.3) is 0 Å². The Kier molecular flexibility index (Phi) is 6.87. The summed E-state index contributed by atoms with van der Waals surface area (Å²) in [4.78, 5) is 27.8. The Hall–Kier alpha value is -1.79. The third kappa shape index (κ3) is 5.69. The van der Waals surface area contributed by atoms with E-state index in [9.17, 15) is 9.59 Å². The summed E-state index contributed by atoms with van der Waals surface area (Å²) in [6.07, 6.45) is 0. The molecule has 2 N–H and O–H groups in total. The third-order valence-corrected chi connectivity index (χ3v) is 4.18. The highest BCUT2D eigenvalue weighted by Gasteiger charge is 2.21. The van der Waals surface area contributed by atoms with Crippen LogP contribution in [0.25, 0.3) is 0 Å². The molecule has 0 aromatic heterocycles. The highest BCUT2D eigenvalue weighted by molar-refractivity contribution is 6.33. The van der Waals surface area contributed by atoms with E-state index < -0.39 is 6.03 Å². The lowest BCUT2D eigenvalue weighted by molar-refractivity contribution is -0.121. The first-order chi connectivity index (χ1) is 11.5. The fourth-order valence-electron chi connectivity index (χ4n) is 2.57. The molecule has 7 heteroatoms. The van der Waals surface area contributed by atoms with Crippen molar-refractivity contribution in [3.05, 3.63) is 29.3 Å². The van der Waals surface area contributed by atoms with Crippen molar-refractivity contribution in [3.8, 4) is 0 Å². The molecule has 0 atom stereocenters. The lowest BCUT2D eigenvalue weighted by Crippen LogP contribution is -2.51. The molecule has 0 aliphatic carbocycles. The van der Waals surface area contributed by atoms with Crippen LogP contribution in [-0.4, -0.2) is 56.1 Å². The Morgan fingerprint density at radius 3 is 2.46 bits per heavy atom. The van der Waals surface area contributed by atoms with Crippen LogP contribution in [0.3, 0.4) is 0 Å². The predicted octanol–water partition coefficient (Wildman–Crippen LogP) is 1.94. The van der Waals surface area contributed by atoms with Gasteiger partial charge in [0.15, 0.2) is 0 Å². The maximum atomic E-state index is 11.9. The molecule has 0 bridgehead atoms. The second-order valence-corrected chi connectivity index (χ2v) is 6.77. The van der Waals surface area contributed by atoms with Gasteiger partial charge in [-0.2, -0.15) is 0 Å². The van der Waals surface area contributed by atoms with Crippen molar-refractivity contribution in [2.75, 3.05) is 44.2 Å². The van der Waals surface area contributed by atoms with Gasteiger partial charge in [0.2, 0.25) is 5.91 Å². The standard InChI is InChI=1S/C17H25ClN4O2/c1-13(2)11-19-17(24)20-16(23)12-21-7-9-22(10-8-21)15-6-4-3-5-14(15)18/h3-6,13H,7-12H2,1-2H3,(H2,19,20,23,24). The Balaban J connectivity index is 1.74. The van der Waals surface area contributed by atoms with Crippen LogP contribution in [0.1, 0.15) is 13.8 Å². The summed E-state index contributed by atoms with van der Waals surface area (Å²) in [6.45, 7) is 7.90. The summed E-state index contributed by atoms with van der Waals surface area (Å²) < 4.78 is 0. The second-order valence-electron chi connectivity index (χ2n) is 6.37. The van der Waals surface area contributed by atoms with Crippen molar-refractivity contribution < 1.29 is 9.59 Å². The minimum absolute atomic E-state index is 0.228. The van der Waals surface area contributed by atoms with Crippen molar-refractivity contribution in [2.24, 2.45) is 5.92 Å². The number of nitrogens with zero attached hydrogens (tertiary/aromatic N) is 2. The molecule has 2 rings (SSSR count). The fraction of sp³-hybridized carbons (Fsp3) is 0.529. The molecule has 1 saturated heterocycles. The number of para-hydroxylation sites is 1.